The fraction of sp³-hybridized carbons (Fsp3) is 0.300. The molecule has 1 unspecified atom stereocenters. The van der Waals surface area contributed by atoms with Gasteiger partial charge in [-0.25, -0.2) is 4.39 Å². The molecule has 1 atom stereocenters. The van der Waals surface area contributed by atoms with Gasteiger partial charge in [0.05, 0.1) is 10.5 Å². The molecule has 1 aromatic carbocycles. The number of aryl methyl sites for hydroxylation is 1. The van der Waals surface area contributed by atoms with Crippen molar-refractivity contribution in [3.05, 3.63) is 33.5 Å². The van der Waals surface area contributed by atoms with E-state index in [1.54, 1.807) is 26.0 Å². The number of Topliss-reactive ketones (excluding diaryl/α,β-unsaturated/α-hetero) is 1. The van der Waals surface area contributed by atoms with Gasteiger partial charge in [-0.1, -0.05) is 6.07 Å². The fourth-order valence-electron chi connectivity index (χ4n) is 1.08. The average Bonchev–Trinajstić information content (AvgIpc) is 2.13. The van der Waals surface area contributed by atoms with Gasteiger partial charge < -0.3 is 5.73 Å². The summed E-state index contributed by atoms with van der Waals surface area (Å²) in [5.74, 6) is -0.674. The maximum Gasteiger partial charge on any atom is 0.180 e. The fourth-order valence-corrected chi connectivity index (χ4v) is 1.72. The molecule has 2 N–H and O–H groups in total. The lowest BCUT2D eigenvalue weighted by molar-refractivity contribution is 0.0966. The molecule has 1 aromatic rings. The van der Waals surface area contributed by atoms with E-state index in [0.29, 0.717) is 11.1 Å². The van der Waals surface area contributed by atoms with Gasteiger partial charge in [-0.2, -0.15) is 0 Å². The minimum Gasteiger partial charge on any atom is -0.321 e. The van der Waals surface area contributed by atoms with E-state index < -0.39 is 11.9 Å². The highest BCUT2D eigenvalue weighted by Gasteiger charge is 2.17. The van der Waals surface area contributed by atoms with E-state index in [0.717, 1.165) is 0 Å². The van der Waals surface area contributed by atoms with E-state index in [-0.39, 0.29) is 10.3 Å². The Bertz CT molecular complexity index is 377. The molecule has 0 saturated heterocycles. The van der Waals surface area contributed by atoms with Crippen molar-refractivity contribution >= 4 is 21.7 Å². The number of hydrogen-bond acceptors (Lipinski definition) is 2. The van der Waals surface area contributed by atoms with Crippen LogP contribution in [0, 0.1) is 12.7 Å². The van der Waals surface area contributed by atoms with Crippen molar-refractivity contribution in [2.75, 3.05) is 0 Å². The molecule has 0 spiro atoms. The molecule has 0 heterocycles. The first kappa shape index (κ1) is 11.3. The molecule has 0 aliphatic carbocycles. The molecule has 0 saturated carbocycles. The SMILES string of the molecule is Cc1ccc(C(=O)C(C)N)c(Br)c1F. The molecular weight excluding hydrogens is 249 g/mol. The van der Waals surface area contributed by atoms with Gasteiger partial charge in [-0.3, -0.25) is 4.79 Å². The third-order valence-corrected chi connectivity index (χ3v) is 2.73. The average molecular weight is 260 g/mol. The Morgan fingerprint density at radius 1 is 1.57 bits per heavy atom. The van der Waals surface area contributed by atoms with Crippen molar-refractivity contribution in [1.29, 1.82) is 0 Å². The predicted molar refractivity (Wildman–Crippen MR) is 56.8 cm³/mol. The Kier molecular flexibility index (Phi) is 3.39. The molecule has 0 amide bonds. The minimum absolute atomic E-state index is 0.194. The zero-order valence-corrected chi connectivity index (χ0v) is 9.56. The second kappa shape index (κ2) is 4.19. The van der Waals surface area contributed by atoms with E-state index in [4.69, 9.17) is 5.73 Å². The van der Waals surface area contributed by atoms with Crippen LogP contribution in [0.15, 0.2) is 16.6 Å². The Morgan fingerprint density at radius 3 is 2.64 bits per heavy atom. The molecule has 14 heavy (non-hydrogen) atoms. The Balaban J connectivity index is 3.24. The van der Waals surface area contributed by atoms with Crippen molar-refractivity contribution in [3.8, 4) is 0 Å². The molecule has 76 valence electrons. The van der Waals surface area contributed by atoms with Crippen LogP contribution in [0.2, 0.25) is 0 Å². The second-order valence-corrected chi connectivity index (χ2v) is 4.00. The maximum absolute atomic E-state index is 13.4. The number of ketones is 1. The first-order chi connectivity index (χ1) is 6.45. The standard InChI is InChI=1S/C10H11BrFNO/c1-5-3-4-7(8(11)9(5)12)10(14)6(2)13/h3-4,6H,13H2,1-2H3. The van der Waals surface area contributed by atoms with Crippen LogP contribution in [0.25, 0.3) is 0 Å². The van der Waals surface area contributed by atoms with E-state index in [1.807, 2.05) is 0 Å². The van der Waals surface area contributed by atoms with E-state index in [1.165, 1.54) is 0 Å². The van der Waals surface area contributed by atoms with Crippen molar-refractivity contribution in [3.63, 3.8) is 0 Å². The Labute approximate surface area is 90.4 Å². The number of nitrogens with two attached hydrogens (primary N) is 1. The number of rotatable bonds is 2. The topological polar surface area (TPSA) is 43.1 Å². The molecule has 0 aromatic heterocycles. The van der Waals surface area contributed by atoms with Crippen LogP contribution in [0.1, 0.15) is 22.8 Å². The number of hydrogen-bond donors (Lipinski definition) is 1. The van der Waals surface area contributed by atoms with Gasteiger partial charge in [0.2, 0.25) is 0 Å². The maximum atomic E-state index is 13.4. The molecule has 0 radical (unpaired) electrons. The van der Waals surface area contributed by atoms with Crippen LogP contribution in [0.5, 0.6) is 0 Å². The lowest BCUT2D eigenvalue weighted by Gasteiger charge is -2.08. The van der Waals surface area contributed by atoms with Gasteiger partial charge >= 0.3 is 0 Å². The van der Waals surface area contributed by atoms with Crippen LogP contribution < -0.4 is 5.73 Å². The van der Waals surface area contributed by atoms with Crippen molar-refractivity contribution in [1.82, 2.24) is 0 Å². The number of benzene rings is 1. The highest BCUT2D eigenvalue weighted by molar-refractivity contribution is 9.10. The zero-order chi connectivity index (χ0) is 10.9. The van der Waals surface area contributed by atoms with E-state index in [2.05, 4.69) is 15.9 Å². The summed E-state index contributed by atoms with van der Waals surface area (Å²) in [6.07, 6.45) is 0. The summed E-state index contributed by atoms with van der Waals surface area (Å²) < 4.78 is 13.6. The smallest absolute Gasteiger partial charge is 0.180 e. The molecular formula is C10H11BrFNO. The summed E-state index contributed by atoms with van der Waals surface area (Å²) in [6, 6.07) is 2.53. The molecule has 4 heteroatoms. The number of halogens is 2. The highest BCUT2D eigenvalue weighted by Crippen LogP contribution is 2.24. The molecule has 0 aliphatic heterocycles. The quantitative estimate of drug-likeness (QED) is 0.830. The monoisotopic (exact) mass is 259 g/mol. The normalized spacial score (nSPS) is 12.6. The summed E-state index contributed by atoms with van der Waals surface area (Å²) in [7, 11) is 0. The third kappa shape index (κ3) is 2.01. The van der Waals surface area contributed by atoms with Crippen molar-refractivity contribution in [2.24, 2.45) is 5.73 Å². The summed E-state index contributed by atoms with van der Waals surface area (Å²) in [4.78, 5) is 11.5. The first-order valence-corrected chi connectivity index (χ1v) is 4.99. The summed E-state index contributed by atoms with van der Waals surface area (Å²) >= 11 is 3.05. The Hall–Kier alpha value is -0.740. The van der Waals surface area contributed by atoms with Crippen LogP contribution in [0.4, 0.5) is 4.39 Å². The van der Waals surface area contributed by atoms with Crippen LogP contribution in [0.3, 0.4) is 0 Å². The van der Waals surface area contributed by atoms with Crippen molar-refractivity contribution in [2.45, 2.75) is 19.9 Å². The summed E-state index contributed by atoms with van der Waals surface area (Å²) in [6.45, 7) is 3.22. The number of carbonyl (C=O) groups is 1. The lowest BCUT2D eigenvalue weighted by Crippen LogP contribution is -2.27. The van der Waals surface area contributed by atoms with E-state index >= 15 is 0 Å². The van der Waals surface area contributed by atoms with Crippen molar-refractivity contribution < 1.29 is 9.18 Å². The second-order valence-electron chi connectivity index (χ2n) is 3.21. The van der Waals surface area contributed by atoms with Crippen LogP contribution >= 0.6 is 15.9 Å². The molecule has 2 nitrogen and oxygen atoms in total. The minimum atomic E-state index is -0.617. The third-order valence-electron chi connectivity index (χ3n) is 1.95. The molecule has 0 bridgehead atoms. The van der Waals surface area contributed by atoms with Gasteiger partial charge in [0, 0.05) is 5.56 Å². The molecule has 0 aliphatic rings. The summed E-state index contributed by atoms with van der Waals surface area (Å²) in [5.41, 5.74) is 6.22. The number of carbonyl (C=O) groups excluding carboxylic acids is 1. The zero-order valence-electron chi connectivity index (χ0n) is 7.97. The van der Waals surface area contributed by atoms with E-state index in [9.17, 15) is 9.18 Å². The molecule has 0 fully saturated rings. The van der Waals surface area contributed by atoms with Gasteiger partial charge in [0.15, 0.2) is 5.78 Å². The van der Waals surface area contributed by atoms with Crippen LogP contribution in [-0.4, -0.2) is 11.8 Å². The van der Waals surface area contributed by atoms with Gasteiger partial charge in [0.25, 0.3) is 0 Å². The Morgan fingerprint density at radius 2 is 2.14 bits per heavy atom. The first-order valence-electron chi connectivity index (χ1n) is 4.19. The molecule has 1 rings (SSSR count). The summed E-state index contributed by atoms with van der Waals surface area (Å²) in [5, 5.41) is 0. The highest BCUT2D eigenvalue weighted by atomic mass is 79.9. The van der Waals surface area contributed by atoms with Gasteiger partial charge in [-0.15, -0.1) is 0 Å². The predicted octanol–water partition coefficient (Wildman–Crippen LogP) is 2.43. The van der Waals surface area contributed by atoms with Gasteiger partial charge in [0.1, 0.15) is 5.82 Å². The largest absolute Gasteiger partial charge is 0.321 e. The van der Waals surface area contributed by atoms with Crippen LogP contribution in [-0.2, 0) is 0 Å². The van der Waals surface area contributed by atoms with Gasteiger partial charge in [-0.05, 0) is 41.4 Å². The lowest BCUT2D eigenvalue weighted by atomic mass is 10.0.